The van der Waals surface area contributed by atoms with Gasteiger partial charge in [-0.2, -0.15) is 0 Å². The number of hydrogen-bond donors (Lipinski definition) is 2. The molecule has 1 unspecified atom stereocenters. The summed E-state index contributed by atoms with van der Waals surface area (Å²) >= 11 is 2.97. The van der Waals surface area contributed by atoms with Crippen molar-refractivity contribution in [2.24, 2.45) is 0 Å². The number of thiazole rings is 1. The summed E-state index contributed by atoms with van der Waals surface area (Å²) < 4.78 is 6.10. The Morgan fingerprint density at radius 2 is 2.29 bits per heavy atom. The molecule has 1 aromatic carbocycles. The maximum Gasteiger partial charge on any atom is 0.237 e. The summed E-state index contributed by atoms with van der Waals surface area (Å²) in [7, 11) is 1.55. The molecule has 0 fully saturated rings. The zero-order chi connectivity index (χ0) is 15.4. The molecule has 0 aliphatic rings. The fraction of sp³-hybridized carbons (Fsp3) is 0.286. The average Bonchev–Trinajstić information content (AvgIpc) is 2.84. The van der Waals surface area contributed by atoms with E-state index in [0.717, 1.165) is 10.0 Å². The molecule has 7 heteroatoms. The first kappa shape index (κ1) is 15.7. The molecule has 0 bridgehead atoms. The molecule has 0 radical (unpaired) electrons. The first-order chi connectivity index (χ1) is 9.99. The van der Waals surface area contributed by atoms with Gasteiger partial charge in [0.05, 0.1) is 18.0 Å². The number of nitrogen functional groups attached to an aromatic ring is 1. The molecular formula is C14H17N3O2S2. The molecule has 2 aromatic rings. The molecule has 0 aliphatic carbocycles. The van der Waals surface area contributed by atoms with E-state index in [1.807, 2.05) is 19.2 Å². The second kappa shape index (κ2) is 6.82. The Kier molecular flexibility index (Phi) is 5.08. The lowest BCUT2D eigenvalue weighted by Crippen LogP contribution is -2.22. The van der Waals surface area contributed by atoms with Crippen LogP contribution in [0.25, 0.3) is 0 Å². The van der Waals surface area contributed by atoms with Gasteiger partial charge in [0, 0.05) is 16.8 Å². The second-order valence-electron chi connectivity index (χ2n) is 4.46. The first-order valence-electron chi connectivity index (χ1n) is 6.32. The molecule has 5 nitrogen and oxygen atoms in total. The number of rotatable bonds is 5. The normalized spacial score (nSPS) is 12.0. The lowest BCUT2D eigenvalue weighted by Gasteiger charge is -2.13. The molecule has 2 rings (SSSR count). The lowest BCUT2D eigenvalue weighted by molar-refractivity contribution is -0.115. The highest BCUT2D eigenvalue weighted by Gasteiger charge is 2.18. The van der Waals surface area contributed by atoms with Crippen molar-refractivity contribution >= 4 is 40.4 Å². The number of aryl methyl sites for hydroxylation is 1. The number of nitrogens with two attached hydrogens (primary N) is 1. The molecular weight excluding hydrogens is 306 g/mol. The van der Waals surface area contributed by atoms with Crippen molar-refractivity contribution in [3.05, 3.63) is 29.3 Å². The summed E-state index contributed by atoms with van der Waals surface area (Å²) in [6.45, 7) is 3.78. The number of hydrogen-bond acceptors (Lipinski definition) is 6. The van der Waals surface area contributed by atoms with Gasteiger partial charge in [0.15, 0.2) is 4.34 Å². The standard InChI is InChI=1S/C14H17N3O2S2/c1-8-7-20-14(16-8)21-9(2)13(18)17-11-6-10(15)4-5-12(11)19-3/h4-7,9H,15H2,1-3H3,(H,17,18). The Morgan fingerprint density at radius 1 is 1.52 bits per heavy atom. The van der Waals surface area contributed by atoms with Crippen molar-refractivity contribution < 1.29 is 9.53 Å². The van der Waals surface area contributed by atoms with E-state index in [1.54, 1.807) is 25.3 Å². The summed E-state index contributed by atoms with van der Waals surface area (Å²) in [5.74, 6) is 0.469. The van der Waals surface area contributed by atoms with Crippen molar-refractivity contribution in [3.8, 4) is 5.75 Å². The quantitative estimate of drug-likeness (QED) is 0.653. The zero-order valence-corrected chi connectivity index (χ0v) is 13.7. The van der Waals surface area contributed by atoms with Crippen LogP contribution < -0.4 is 15.8 Å². The topological polar surface area (TPSA) is 77.2 Å². The smallest absolute Gasteiger partial charge is 0.237 e. The van der Waals surface area contributed by atoms with E-state index in [-0.39, 0.29) is 11.2 Å². The third kappa shape index (κ3) is 4.12. The van der Waals surface area contributed by atoms with Gasteiger partial charge in [-0.25, -0.2) is 4.98 Å². The Hall–Kier alpha value is -1.73. The number of nitrogens with zero attached hydrogens (tertiary/aromatic N) is 1. The minimum atomic E-state index is -0.262. The maximum absolute atomic E-state index is 12.3. The highest BCUT2D eigenvalue weighted by molar-refractivity contribution is 8.02. The predicted octanol–water partition coefficient (Wildman–Crippen LogP) is 3.16. The summed E-state index contributed by atoms with van der Waals surface area (Å²) in [6, 6.07) is 5.14. The monoisotopic (exact) mass is 323 g/mol. The van der Waals surface area contributed by atoms with Crippen LogP contribution in [0, 0.1) is 6.92 Å². The van der Waals surface area contributed by atoms with Crippen LogP contribution in [0.15, 0.2) is 27.9 Å². The number of aromatic nitrogens is 1. The van der Waals surface area contributed by atoms with E-state index >= 15 is 0 Å². The van der Waals surface area contributed by atoms with E-state index in [2.05, 4.69) is 10.3 Å². The molecule has 1 aromatic heterocycles. The Bertz CT molecular complexity index is 643. The predicted molar refractivity (Wildman–Crippen MR) is 88.2 cm³/mol. The molecule has 21 heavy (non-hydrogen) atoms. The van der Waals surface area contributed by atoms with Gasteiger partial charge in [-0.1, -0.05) is 11.8 Å². The number of methoxy groups -OCH3 is 1. The molecule has 1 atom stereocenters. The summed E-state index contributed by atoms with van der Waals surface area (Å²) in [5.41, 5.74) is 7.85. The molecule has 1 amide bonds. The van der Waals surface area contributed by atoms with Gasteiger partial charge < -0.3 is 15.8 Å². The van der Waals surface area contributed by atoms with Gasteiger partial charge in [0.2, 0.25) is 5.91 Å². The fourth-order valence-corrected chi connectivity index (χ4v) is 3.63. The molecule has 0 saturated carbocycles. The van der Waals surface area contributed by atoms with Gasteiger partial charge >= 0.3 is 0 Å². The third-order valence-electron chi connectivity index (χ3n) is 2.73. The maximum atomic E-state index is 12.3. The highest BCUT2D eigenvalue weighted by atomic mass is 32.2. The number of carbonyl (C=O) groups excluding carboxylic acids is 1. The van der Waals surface area contributed by atoms with Crippen molar-refractivity contribution in [1.82, 2.24) is 4.98 Å². The van der Waals surface area contributed by atoms with Gasteiger partial charge in [0.25, 0.3) is 0 Å². The van der Waals surface area contributed by atoms with Crippen LogP contribution in [-0.4, -0.2) is 23.3 Å². The number of thioether (sulfide) groups is 1. The van der Waals surface area contributed by atoms with E-state index in [9.17, 15) is 4.79 Å². The van der Waals surface area contributed by atoms with Crippen molar-refractivity contribution in [3.63, 3.8) is 0 Å². The number of ether oxygens (including phenoxy) is 1. The number of nitrogens with one attached hydrogen (secondary N) is 1. The zero-order valence-electron chi connectivity index (χ0n) is 12.0. The minimum absolute atomic E-state index is 0.114. The van der Waals surface area contributed by atoms with E-state index < -0.39 is 0 Å². The summed E-state index contributed by atoms with van der Waals surface area (Å²) in [6.07, 6.45) is 0. The van der Waals surface area contributed by atoms with Gasteiger partial charge in [-0.3, -0.25) is 4.79 Å². The number of amides is 1. The second-order valence-corrected chi connectivity index (χ2v) is 6.91. The average molecular weight is 323 g/mol. The van der Waals surface area contributed by atoms with Crippen LogP contribution in [0.3, 0.4) is 0 Å². The fourth-order valence-electron chi connectivity index (χ4n) is 1.65. The van der Waals surface area contributed by atoms with Gasteiger partial charge in [-0.15, -0.1) is 11.3 Å². The molecule has 0 aliphatic heterocycles. The van der Waals surface area contributed by atoms with Crippen LogP contribution in [0.2, 0.25) is 0 Å². The van der Waals surface area contributed by atoms with Crippen LogP contribution >= 0.6 is 23.1 Å². The van der Waals surface area contributed by atoms with Crippen LogP contribution in [-0.2, 0) is 4.79 Å². The van der Waals surface area contributed by atoms with Gasteiger partial charge in [0.1, 0.15) is 5.75 Å². The summed E-state index contributed by atoms with van der Waals surface area (Å²) in [5, 5.41) is 4.55. The van der Waals surface area contributed by atoms with Crippen LogP contribution in [0.1, 0.15) is 12.6 Å². The highest BCUT2D eigenvalue weighted by Crippen LogP contribution is 2.30. The first-order valence-corrected chi connectivity index (χ1v) is 8.08. The van der Waals surface area contributed by atoms with E-state index in [1.165, 1.54) is 23.1 Å². The largest absolute Gasteiger partial charge is 0.495 e. The van der Waals surface area contributed by atoms with Crippen LogP contribution in [0.5, 0.6) is 5.75 Å². The van der Waals surface area contributed by atoms with Gasteiger partial charge in [-0.05, 0) is 32.0 Å². The van der Waals surface area contributed by atoms with Crippen molar-refractivity contribution in [2.75, 3.05) is 18.2 Å². The summed E-state index contributed by atoms with van der Waals surface area (Å²) in [4.78, 5) is 16.6. The third-order valence-corrected chi connectivity index (χ3v) is 4.92. The lowest BCUT2D eigenvalue weighted by atomic mass is 10.2. The number of benzene rings is 1. The number of carbonyl (C=O) groups is 1. The molecule has 1 heterocycles. The van der Waals surface area contributed by atoms with E-state index in [0.29, 0.717) is 17.1 Å². The molecule has 0 spiro atoms. The van der Waals surface area contributed by atoms with E-state index in [4.69, 9.17) is 10.5 Å². The molecule has 3 N–H and O–H groups in total. The number of anilines is 2. The Balaban J connectivity index is 2.05. The Morgan fingerprint density at radius 3 is 2.90 bits per heavy atom. The molecule has 112 valence electrons. The van der Waals surface area contributed by atoms with Crippen LogP contribution in [0.4, 0.5) is 11.4 Å². The SMILES string of the molecule is COc1ccc(N)cc1NC(=O)C(C)Sc1nc(C)cs1. The molecule has 0 saturated heterocycles. The van der Waals surface area contributed by atoms with Crippen molar-refractivity contribution in [1.29, 1.82) is 0 Å². The minimum Gasteiger partial charge on any atom is -0.495 e. The Labute approximate surface area is 131 Å². The van der Waals surface area contributed by atoms with Crippen molar-refractivity contribution in [2.45, 2.75) is 23.4 Å².